The quantitative estimate of drug-likeness (QED) is 0.312. The highest BCUT2D eigenvalue weighted by atomic mass is 16.6. The lowest BCUT2D eigenvalue weighted by molar-refractivity contribution is -0.147. The summed E-state index contributed by atoms with van der Waals surface area (Å²) in [5, 5.41) is 5.67. The number of allylic oxidation sites excluding steroid dienone is 1. The lowest BCUT2D eigenvalue weighted by atomic mass is 10.0. The van der Waals surface area contributed by atoms with Gasteiger partial charge in [-0.1, -0.05) is 19.1 Å². The Labute approximate surface area is 133 Å². The summed E-state index contributed by atoms with van der Waals surface area (Å²) in [5.74, 6) is 0.0123. The van der Waals surface area contributed by atoms with Crippen molar-refractivity contribution < 1.29 is 19.1 Å². The Balaban J connectivity index is 3.71. The Hall–Kier alpha value is -1.56. The summed E-state index contributed by atoms with van der Waals surface area (Å²) < 4.78 is 10.2. The van der Waals surface area contributed by atoms with Crippen molar-refractivity contribution in [2.24, 2.45) is 5.92 Å². The fourth-order valence-corrected chi connectivity index (χ4v) is 1.57. The van der Waals surface area contributed by atoms with Gasteiger partial charge in [-0.05, 0) is 40.0 Å². The van der Waals surface area contributed by atoms with Crippen LogP contribution in [0.2, 0.25) is 0 Å². The minimum Gasteiger partial charge on any atom is -0.463 e. The van der Waals surface area contributed by atoms with E-state index in [4.69, 9.17) is 9.47 Å². The van der Waals surface area contributed by atoms with E-state index >= 15 is 0 Å². The Morgan fingerprint density at radius 1 is 1.18 bits per heavy atom. The molecule has 128 valence electrons. The fourth-order valence-electron chi connectivity index (χ4n) is 1.57. The molecule has 0 aliphatic heterocycles. The van der Waals surface area contributed by atoms with Gasteiger partial charge in [-0.3, -0.25) is 10.1 Å². The topological polar surface area (TPSA) is 76.7 Å². The van der Waals surface area contributed by atoms with Crippen LogP contribution in [0.5, 0.6) is 0 Å². The Morgan fingerprint density at radius 2 is 1.82 bits per heavy atom. The highest BCUT2D eigenvalue weighted by Gasteiger charge is 2.15. The average molecular weight is 314 g/mol. The molecule has 0 spiro atoms. The second-order valence-electron chi connectivity index (χ2n) is 6.31. The van der Waals surface area contributed by atoms with Gasteiger partial charge in [0.15, 0.2) is 0 Å². The Morgan fingerprint density at radius 3 is 2.36 bits per heavy atom. The van der Waals surface area contributed by atoms with Gasteiger partial charge in [0.1, 0.15) is 11.7 Å². The largest absolute Gasteiger partial charge is 0.463 e. The Bertz CT molecular complexity index is 375. The van der Waals surface area contributed by atoms with Crippen LogP contribution >= 0.6 is 0 Å². The molecule has 1 amide bonds. The number of hydrogen-bond donors (Lipinski definition) is 2. The maximum Gasteiger partial charge on any atom is 0.408 e. The van der Waals surface area contributed by atoms with Gasteiger partial charge in [0.25, 0.3) is 0 Å². The molecule has 0 aliphatic rings. The van der Waals surface area contributed by atoms with Gasteiger partial charge >= 0.3 is 12.1 Å². The zero-order chi connectivity index (χ0) is 17.2. The predicted octanol–water partition coefficient (Wildman–Crippen LogP) is 2.59. The maximum atomic E-state index is 11.4. The zero-order valence-electron chi connectivity index (χ0n) is 14.6. The molecule has 6 nitrogen and oxygen atoms in total. The lowest BCUT2D eigenvalue weighted by Gasteiger charge is -2.19. The van der Waals surface area contributed by atoms with Crippen LogP contribution in [0.15, 0.2) is 12.2 Å². The number of rotatable bonds is 8. The smallest absolute Gasteiger partial charge is 0.408 e. The third kappa shape index (κ3) is 12.2. The summed E-state index contributed by atoms with van der Waals surface area (Å²) >= 11 is 0. The molecule has 0 rings (SSSR count). The number of hydrogen-bond acceptors (Lipinski definition) is 5. The summed E-state index contributed by atoms with van der Waals surface area (Å²) in [6.45, 7) is 11.8. The third-order valence-electron chi connectivity index (χ3n) is 2.85. The van der Waals surface area contributed by atoms with Crippen LogP contribution < -0.4 is 10.6 Å². The minimum absolute atomic E-state index is 0.0936. The van der Waals surface area contributed by atoms with Crippen LogP contribution in [0, 0.1) is 5.92 Å². The van der Waals surface area contributed by atoms with Crippen LogP contribution in [-0.2, 0) is 14.3 Å². The van der Waals surface area contributed by atoms with E-state index in [9.17, 15) is 9.59 Å². The number of nitrogens with one attached hydrogen (secondary N) is 2. The predicted molar refractivity (Wildman–Crippen MR) is 86.4 cm³/mol. The molecule has 0 saturated heterocycles. The third-order valence-corrected chi connectivity index (χ3v) is 2.85. The zero-order valence-corrected chi connectivity index (χ0v) is 14.6. The minimum atomic E-state index is -0.487. The van der Waals surface area contributed by atoms with Crippen LogP contribution in [0.4, 0.5) is 4.79 Å². The molecule has 0 radical (unpaired) electrons. The number of ether oxygens (including phenoxy) is 2. The van der Waals surface area contributed by atoms with Crippen LogP contribution in [0.1, 0.15) is 48.0 Å². The first kappa shape index (κ1) is 20.4. The molecular weight excluding hydrogens is 284 g/mol. The van der Waals surface area contributed by atoms with Crippen molar-refractivity contribution in [1.82, 2.24) is 10.6 Å². The number of amides is 1. The molecule has 0 bridgehead atoms. The molecule has 2 unspecified atom stereocenters. The Kier molecular flexibility index (Phi) is 9.49. The number of carbonyl (C=O) groups excluding carboxylic acids is 2. The van der Waals surface area contributed by atoms with E-state index in [0.717, 1.165) is 6.42 Å². The summed E-state index contributed by atoms with van der Waals surface area (Å²) in [7, 11) is 0. The molecule has 0 aromatic carbocycles. The van der Waals surface area contributed by atoms with Crippen molar-refractivity contribution in [2.45, 2.75) is 59.7 Å². The van der Waals surface area contributed by atoms with Crippen molar-refractivity contribution in [1.29, 1.82) is 0 Å². The van der Waals surface area contributed by atoms with Crippen molar-refractivity contribution in [3.05, 3.63) is 12.2 Å². The molecule has 0 heterocycles. The fraction of sp³-hybridized carbons (Fsp3) is 0.750. The summed E-state index contributed by atoms with van der Waals surface area (Å²) in [4.78, 5) is 22.2. The monoisotopic (exact) mass is 314 g/mol. The van der Waals surface area contributed by atoms with Gasteiger partial charge in [0.2, 0.25) is 0 Å². The van der Waals surface area contributed by atoms with E-state index < -0.39 is 11.7 Å². The van der Waals surface area contributed by atoms with Gasteiger partial charge in [0, 0.05) is 13.5 Å². The van der Waals surface area contributed by atoms with E-state index in [1.807, 2.05) is 46.8 Å². The van der Waals surface area contributed by atoms with E-state index in [0.29, 0.717) is 13.2 Å². The average Bonchev–Trinajstić information content (AvgIpc) is 2.34. The van der Waals surface area contributed by atoms with E-state index in [2.05, 4.69) is 10.6 Å². The number of carbonyl (C=O) groups is 2. The highest BCUT2D eigenvalue weighted by Crippen LogP contribution is 2.12. The van der Waals surface area contributed by atoms with Crippen LogP contribution in [-0.4, -0.2) is 37.0 Å². The molecular formula is C16H30N2O4. The molecule has 0 fully saturated rings. The summed E-state index contributed by atoms with van der Waals surface area (Å²) in [6, 6.07) is 0. The summed E-state index contributed by atoms with van der Waals surface area (Å²) in [5.41, 5.74) is -0.487. The van der Waals surface area contributed by atoms with Gasteiger partial charge < -0.3 is 14.8 Å². The number of esters is 1. The molecule has 2 atom stereocenters. The van der Waals surface area contributed by atoms with Crippen molar-refractivity contribution in [3.63, 3.8) is 0 Å². The summed E-state index contributed by atoms with van der Waals surface area (Å²) in [6.07, 6.45) is 4.31. The first-order chi connectivity index (χ1) is 10.1. The van der Waals surface area contributed by atoms with Crippen molar-refractivity contribution >= 4 is 12.1 Å². The van der Waals surface area contributed by atoms with Crippen molar-refractivity contribution in [3.8, 4) is 0 Å². The standard InChI is InChI=1S/C16H30N2O4/c1-12(13(2)21-14(3)19)9-7-8-10-17-11-18-15(20)22-16(4,5)6/h7-8,12-13,17H,9-11H2,1-6H3,(H,18,20)/b8-7+. The molecule has 0 aliphatic carbocycles. The van der Waals surface area contributed by atoms with Crippen LogP contribution in [0.3, 0.4) is 0 Å². The normalized spacial score (nSPS) is 14.5. The SMILES string of the molecule is CC(=O)OC(C)C(C)C/C=C/CNCNC(=O)OC(C)(C)C. The van der Waals surface area contributed by atoms with Gasteiger partial charge in [-0.15, -0.1) is 0 Å². The molecule has 22 heavy (non-hydrogen) atoms. The maximum absolute atomic E-state index is 11.4. The number of alkyl carbamates (subject to hydrolysis) is 1. The van der Waals surface area contributed by atoms with Gasteiger partial charge in [-0.2, -0.15) is 0 Å². The van der Waals surface area contributed by atoms with Crippen LogP contribution in [0.25, 0.3) is 0 Å². The lowest BCUT2D eigenvalue weighted by Crippen LogP contribution is -2.38. The molecule has 2 N–H and O–H groups in total. The molecule has 0 saturated carbocycles. The highest BCUT2D eigenvalue weighted by molar-refractivity contribution is 5.67. The van der Waals surface area contributed by atoms with Gasteiger partial charge in [-0.25, -0.2) is 4.79 Å². The van der Waals surface area contributed by atoms with Gasteiger partial charge in [0.05, 0.1) is 6.67 Å². The second kappa shape index (κ2) is 10.2. The van der Waals surface area contributed by atoms with E-state index in [1.54, 1.807) is 0 Å². The van der Waals surface area contributed by atoms with E-state index in [-0.39, 0.29) is 18.0 Å². The molecule has 6 heteroatoms. The first-order valence-corrected chi connectivity index (χ1v) is 7.61. The van der Waals surface area contributed by atoms with Crippen molar-refractivity contribution in [2.75, 3.05) is 13.2 Å². The second-order valence-corrected chi connectivity index (χ2v) is 6.31. The van der Waals surface area contributed by atoms with E-state index in [1.165, 1.54) is 6.92 Å². The molecule has 0 aromatic rings. The first-order valence-electron chi connectivity index (χ1n) is 7.61. The molecule has 0 aromatic heterocycles.